The van der Waals surface area contributed by atoms with Crippen molar-refractivity contribution in [2.24, 2.45) is 11.1 Å². The van der Waals surface area contributed by atoms with E-state index in [1.807, 2.05) is 26.9 Å². The van der Waals surface area contributed by atoms with Crippen LogP contribution in [0.15, 0.2) is 40.8 Å². The van der Waals surface area contributed by atoms with E-state index in [-0.39, 0.29) is 22.6 Å². The number of hydrogen-bond acceptors (Lipinski definition) is 9. The largest absolute Gasteiger partial charge is 0.432 e. The van der Waals surface area contributed by atoms with Crippen LogP contribution in [0.2, 0.25) is 23.2 Å². The summed E-state index contributed by atoms with van der Waals surface area (Å²) in [4.78, 5) is 10.9. The topological polar surface area (TPSA) is 164 Å². The Morgan fingerprint density at radius 1 is 1.24 bits per heavy atom. The minimum absolute atomic E-state index is 0.0512. The van der Waals surface area contributed by atoms with E-state index in [1.54, 1.807) is 24.3 Å². The molecule has 0 spiro atoms. The van der Waals surface area contributed by atoms with Crippen molar-refractivity contribution in [2.75, 3.05) is 5.32 Å². The molecule has 38 heavy (non-hydrogen) atoms. The Labute approximate surface area is 229 Å². The summed E-state index contributed by atoms with van der Waals surface area (Å²) in [5, 5.41) is 26.3. The van der Waals surface area contributed by atoms with Gasteiger partial charge in [-0.2, -0.15) is 18.8 Å². The highest BCUT2D eigenvalue weighted by atomic mass is 35.5. The van der Waals surface area contributed by atoms with Crippen LogP contribution in [0.25, 0.3) is 11.5 Å². The summed E-state index contributed by atoms with van der Waals surface area (Å²) in [6, 6.07) is 11.1. The normalized spacial score (nSPS) is 14.0. The maximum absolute atomic E-state index is 11.2. The zero-order valence-electron chi connectivity index (χ0n) is 22.1. The summed E-state index contributed by atoms with van der Waals surface area (Å²) in [6.45, 7) is 11.8. The molecule has 10 nitrogen and oxygen atoms in total. The lowest BCUT2D eigenvalue weighted by Crippen LogP contribution is -2.41. The van der Waals surface area contributed by atoms with Crippen LogP contribution in [0.3, 0.4) is 0 Å². The summed E-state index contributed by atoms with van der Waals surface area (Å²) in [5.41, 5.74) is 2.36. The molecule has 2 aromatic carbocycles. The summed E-state index contributed by atoms with van der Waals surface area (Å²) >= 11 is 6.41. The fourth-order valence-electron chi connectivity index (χ4n) is 3.98. The third-order valence-electron chi connectivity index (χ3n) is 6.90. The molecule has 0 unspecified atom stereocenters. The highest BCUT2D eigenvalue weighted by Crippen LogP contribution is 2.45. The first-order valence-corrected chi connectivity index (χ1v) is 16.7. The second kappa shape index (κ2) is 11.0. The van der Waals surface area contributed by atoms with Gasteiger partial charge in [-0.3, -0.25) is 0 Å². The van der Waals surface area contributed by atoms with Gasteiger partial charge in [-0.05, 0) is 79.4 Å². The first-order chi connectivity index (χ1) is 17.5. The third-order valence-corrected chi connectivity index (χ3v) is 11.3. The van der Waals surface area contributed by atoms with Crippen molar-refractivity contribution in [3.8, 4) is 23.3 Å². The number of aromatic nitrogens is 2. The summed E-state index contributed by atoms with van der Waals surface area (Å²) in [5.74, 6) is 0.546. The number of benzene rings is 2. The maximum atomic E-state index is 11.2. The van der Waals surface area contributed by atoms with Gasteiger partial charge in [-0.1, -0.05) is 32.4 Å². The van der Waals surface area contributed by atoms with Crippen molar-refractivity contribution >= 4 is 35.9 Å². The molecule has 0 amide bonds. The molecule has 3 rings (SSSR count). The number of anilines is 1. The Morgan fingerprint density at radius 2 is 1.87 bits per heavy atom. The molecular formula is C25H32ClN5O5SSi. The fraction of sp³-hybridized carbons (Fsp3) is 0.400. The van der Waals surface area contributed by atoms with Gasteiger partial charge >= 0.3 is 10.3 Å². The number of halogens is 1. The fourth-order valence-corrected chi connectivity index (χ4v) is 5.39. The van der Waals surface area contributed by atoms with Crippen LogP contribution in [0.1, 0.15) is 50.3 Å². The van der Waals surface area contributed by atoms with Crippen LogP contribution in [0, 0.1) is 24.2 Å². The Morgan fingerprint density at radius 3 is 2.42 bits per heavy atom. The molecule has 1 heterocycles. The maximum Gasteiger partial charge on any atom is 0.380 e. The van der Waals surface area contributed by atoms with Crippen molar-refractivity contribution in [3.05, 3.63) is 58.4 Å². The average molecular weight is 578 g/mol. The zero-order valence-corrected chi connectivity index (χ0v) is 24.7. The third kappa shape index (κ3) is 6.92. The number of nitriles is 1. The van der Waals surface area contributed by atoms with Crippen LogP contribution in [0.5, 0.6) is 5.75 Å². The molecule has 1 aromatic heterocycles. The quantitative estimate of drug-likeness (QED) is 0.271. The Kier molecular flexibility index (Phi) is 8.60. The Balaban J connectivity index is 1.98. The predicted octanol–water partition coefficient (Wildman–Crippen LogP) is 5.31. The van der Waals surface area contributed by atoms with Crippen LogP contribution in [-0.2, 0) is 10.3 Å². The summed E-state index contributed by atoms with van der Waals surface area (Å²) in [6.07, 6.45) is 0.667. The van der Waals surface area contributed by atoms with Crippen molar-refractivity contribution in [3.63, 3.8) is 0 Å². The highest BCUT2D eigenvalue weighted by molar-refractivity contribution is 7.84. The average Bonchev–Trinajstić information content (AvgIpc) is 3.28. The van der Waals surface area contributed by atoms with Gasteiger partial charge in [0.05, 0.1) is 10.6 Å². The highest BCUT2D eigenvalue weighted by Gasteiger charge is 2.41. The minimum atomic E-state index is -4.14. The van der Waals surface area contributed by atoms with E-state index in [0.29, 0.717) is 39.7 Å². The molecule has 0 radical (unpaired) electrons. The van der Waals surface area contributed by atoms with E-state index in [0.717, 1.165) is 0 Å². The zero-order chi connectivity index (χ0) is 28.5. The number of rotatable bonds is 10. The first kappa shape index (κ1) is 29.6. The second-order valence-corrected chi connectivity index (χ2v) is 16.5. The summed E-state index contributed by atoms with van der Waals surface area (Å²) in [7, 11) is -6.64. The van der Waals surface area contributed by atoms with Gasteiger partial charge in [0.2, 0.25) is 11.8 Å². The monoisotopic (exact) mass is 577 g/mol. The molecule has 0 saturated heterocycles. The van der Waals surface area contributed by atoms with Crippen molar-refractivity contribution in [1.82, 2.24) is 10.2 Å². The lowest BCUT2D eigenvalue weighted by molar-refractivity contribution is 0.330. The minimum Gasteiger partial charge on any atom is -0.432 e. The molecule has 0 fully saturated rings. The number of nitrogens with zero attached hydrogens (tertiary/aromatic N) is 3. The van der Waals surface area contributed by atoms with E-state index in [1.165, 1.54) is 12.1 Å². The van der Waals surface area contributed by atoms with E-state index in [2.05, 4.69) is 39.6 Å². The van der Waals surface area contributed by atoms with E-state index >= 15 is 0 Å². The molecule has 4 N–H and O–H groups in total. The molecule has 0 aliphatic rings. The number of nitrogens with one attached hydrogen (secondary N) is 1. The van der Waals surface area contributed by atoms with E-state index in [9.17, 15) is 18.5 Å². The van der Waals surface area contributed by atoms with Gasteiger partial charge in [-0.15, -0.1) is 10.2 Å². The molecule has 0 bridgehead atoms. The number of hydrogen-bond donors (Lipinski definition) is 3. The number of nitrogens with two attached hydrogens (primary N) is 1. The van der Waals surface area contributed by atoms with Crippen molar-refractivity contribution in [2.45, 2.75) is 58.3 Å². The van der Waals surface area contributed by atoms with Crippen LogP contribution in [-0.4, -0.2) is 31.7 Å². The van der Waals surface area contributed by atoms with Crippen LogP contribution >= 0.6 is 11.6 Å². The molecule has 0 aliphatic carbocycles. The van der Waals surface area contributed by atoms with E-state index in [4.69, 9.17) is 21.2 Å². The van der Waals surface area contributed by atoms with Gasteiger partial charge in [0.25, 0.3) is 0 Å². The molecule has 13 heteroatoms. The second-order valence-electron chi connectivity index (χ2n) is 10.5. The molecule has 3 aromatic rings. The van der Waals surface area contributed by atoms with Gasteiger partial charge in [0, 0.05) is 11.3 Å². The molecule has 0 aliphatic heterocycles. The molecule has 204 valence electrons. The molecular weight excluding hydrogens is 546 g/mol. The van der Waals surface area contributed by atoms with Crippen molar-refractivity contribution < 1.29 is 21.8 Å². The molecule has 2 atom stereocenters. The molecule has 0 saturated carbocycles. The lowest BCUT2D eigenvalue weighted by atomic mass is 9.90. The van der Waals surface area contributed by atoms with Gasteiger partial charge < -0.3 is 18.7 Å². The van der Waals surface area contributed by atoms with Gasteiger partial charge in [0.1, 0.15) is 17.9 Å². The first-order valence-electron chi connectivity index (χ1n) is 11.9. The lowest BCUT2D eigenvalue weighted by Gasteiger charge is -2.38. The van der Waals surface area contributed by atoms with Gasteiger partial charge in [-0.25, -0.2) is 0 Å². The van der Waals surface area contributed by atoms with Crippen molar-refractivity contribution in [1.29, 1.82) is 5.26 Å². The van der Waals surface area contributed by atoms with Crippen LogP contribution in [0.4, 0.5) is 5.69 Å². The van der Waals surface area contributed by atoms with Gasteiger partial charge in [0.15, 0.2) is 8.32 Å². The van der Waals surface area contributed by atoms with E-state index < -0.39 is 24.7 Å². The summed E-state index contributed by atoms with van der Waals surface area (Å²) < 4.78 is 33.1. The predicted molar refractivity (Wildman–Crippen MR) is 148 cm³/mol. The smallest absolute Gasteiger partial charge is 0.380 e. The Bertz CT molecular complexity index is 1450. The SMILES string of the molecule is Cc1c(N[C@@H](c2nnc(-c3ccc(OS(N)(=O)=O)cc3)o2)[C@H](C)CC(C)(C)[Si](C)(C)O)ccc(C#N)c1Cl. The Hall–Kier alpha value is -2.95. The van der Waals surface area contributed by atoms with Crippen LogP contribution < -0.4 is 14.6 Å². The standard InChI is InChI=1S/C25H32ClN5O5SSi/c1-15(13-25(3,4)38(5,6)34)22(29-20-12-9-18(14-27)21(26)16(20)2)24-31-30-23(35-24)17-7-10-19(11-8-17)36-37(28,32)33/h7-12,15,22,29,34H,13H2,1-6H3,(H2,28,32,33)/t15-,22-/m1/s1.